The highest BCUT2D eigenvalue weighted by atomic mass is 16.5. The minimum absolute atomic E-state index is 0.179. The molecule has 0 fully saturated rings. The maximum absolute atomic E-state index is 10.6. The van der Waals surface area contributed by atoms with Gasteiger partial charge in [-0.2, -0.15) is 5.10 Å². The number of esters is 1. The van der Waals surface area contributed by atoms with Crippen LogP contribution in [0.5, 0.6) is 0 Å². The van der Waals surface area contributed by atoms with Gasteiger partial charge in [0.2, 0.25) is 0 Å². The molecule has 1 unspecified atom stereocenters. The highest BCUT2D eigenvalue weighted by Gasteiger charge is 1.99. The number of nitrogens with zero attached hydrogens (tertiary/aromatic N) is 3. The second-order valence-corrected chi connectivity index (χ2v) is 2.31. The number of methoxy groups -OCH3 is 1. The lowest BCUT2D eigenvalue weighted by Gasteiger charge is -2.00. The van der Waals surface area contributed by atoms with Crippen molar-refractivity contribution >= 4 is 5.97 Å². The second kappa shape index (κ2) is 4.26. The Bertz CT molecular complexity index is 334. The largest absolute Gasteiger partial charge is 0.459 e. The molecule has 1 aromatic heterocycles. The lowest BCUT2D eigenvalue weighted by molar-refractivity contribution is -0.133. The number of carbonyl (C=O) groups excluding carboxylic acids is 1. The first kappa shape index (κ1) is 9.26. The van der Waals surface area contributed by atoms with Crippen molar-refractivity contribution in [3.63, 3.8) is 0 Å². The highest BCUT2D eigenvalue weighted by Crippen LogP contribution is 1.98. The third kappa shape index (κ3) is 2.60. The summed E-state index contributed by atoms with van der Waals surface area (Å²) in [7, 11) is 1.29. The third-order valence-electron chi connectivity index (χ3n) is 1.40. The molecule has 0 saturated carbocycles. The molecule has 0 aromatic carbocycles. The first-order chi connectivity index (χ1) is 6.24. The number of rotatable bonds is 1. The van der Waals surface area contributed by atoms with Crippen molar-refractivity contribution < 1.29 is 9.53 Å². The van der Waals surface area contributed by atoms with Gasteiger partial charge in [-0.25, -0.2) is 14.5 Å². The number of ether oxygens (including phenoxy) is 1. The average molecular weight is 179 g/mol. The molecule has 0 saturated heterocycles. The van der Waals surface area contributed by atoms with Crippen LogP contribution in [0.2, 0.25) is 0 Å². The maximum atomic E-state index is 10.6. The quantitative estimate of drug-likeness (QED) is 0.346. The monoisotopic (exact) mass is 179 g/mol. The summed E-state index contributed by atoms with van der Waals surface area (Å²) in [5.74, 6) is 4.44. The van der Waals surface area contributed by atoms with Crippen LogP contribution in [0, 0.1) is 11.8 Å². The van der Waals surface area contributed by atoms with Crippen molar-refractivity contribution in [2.24, 2.45) is 0 Å². The Hall–Kier alpha value is -1.83. The number of hydrogen-bond donors (Lipinski definition) is 0. The highest BCUT2D eigenvalue weighted by molar-refractivity contribution is 5.88. The summed E-state index contributed by atoms with van der Waals surface area (Å²) < 4.78 is 5.91. The summed E-state index contributed by atoms with van der Waals surface area (Å²) >= 11 is 0. The Morgan fingerprint density at radius 1 is 1.69 bits per heavy atom. The first-order valence-corrected chi connectivity index (χ1v) is 3.67. The molecular formula is C8H9N3O2. The van der Waals surface area contributed by atoms with Crippen molar-refractivity contribution in [2.75, 3.05) is 7.11 Å². The van der Waals surface area contributed by atoms with Crippen molar-refractivity contribution in [3.8, 4) is 11.8 Å². The molecule has 0 aliphatic carbocycles. The predicted octanol–water partition coefficient (Wildman–Crippen LogP) is 0.0155. The van der Waals surface area contributed by atoms with Crippen LogP contribution < -0.4 is 0 Å². The molecule has 1 rings (SSSR count). The van der Waals surface area contributed by atoms with Crippen LogP contribution >= 0.6 is 0 Å². The third-order valence-corrected chi connectivity index (χ3v) is 1.40. The minimum Gasteiger partial charge on any atom is -0.459 e. The topological polar surface area (TPSA) is 57.0 Å². The van der Waals surface area contributed by atoms with E-state index in [0.717, 1.165) is 0 Å². The summed E-state index contributed by atoms with van der Waals surface area (Å²) in [5, 5.41) is 3.87. The fourth-order valence-electron chi connectivity index (χ4n) is 0.698. The Morgan fingerprint density at radius 2 is 2.46 bits per heavy atom. The van der Waals surface area contributed by atoms with Gasteiger partial charge in [-0.3, -0.25) is 0 Å². The smallest absolute Gasteiger partial charge is 0.384 e. The van der Waals surface area contributed by atoms with Gasteiger partial charge in [0.1, 0.15) is 18.7 Å². The van der Waals surface area contributed by atoms with Crippen molar-refractivity contribution in [3.05, 3.63) is 12.7 Å². The molecule has 1 aromatic rings. The predicted molar refractivity (Wildman–Crippen MR) is 44.5 cm³/mol. The van der Waals surface area contributed by atoms with Crippen molar-refractivity contribution in [1.29, 1.82) is 0 Å². The van der Waals surface area contributed by atoms with Crippen LogP contribution in [0.4, 0.5) is 0 Å². The minimum atomic E-state index is -0.549. The zero-order valence-corrected chi connectivity index (χ0v) is 7.39. The number of carbonyl (C=O) groups is 1. The van der Waals surface area contributed by atoms with E-state index in [-0.39, 0.29) is 6.04 Å². The van der Waals surface area contributed by atoms with Gasteiger partial charge in [0, 0.05) is 5.92 Å². The molecule has 68 valence electrons. The summed E-state index contributed by atoms with van der Waals surface area (Å²) in [6, 6.07) is -0.179. The van der Waals surface area contributed by atoms with Crippen LogP contribution in [0.15, 0.2) is 12.7 Å². The Labute approximate surface area is 75.7 Å². The van der Waals surface area contributed by atoms with Gasteiger partial charge in [-0.1, -0.05) is 5.92 Å². The number of aromatic nitrogens is 3. The van der Waals surface area contributed by atoms with Gasteiger partial charge in [0.15, 0.2) is 0 Å². The van der Waals surface area contributed by atoms with E-state index in [1.165, 1.54) is 19.8 Å². The van der Waals surface area contributed by atoms with E-state index in [0.29, 0.717) is 0 Å². The normalized spacial score (nSPS) is 11.2. The van der Waals surface area contributed by atoms with E-state index in [4.69, 9.17) is 0 Å². The lowest BCUT2D eigenvalue weighted by Crippen LogP contribution is -2.04. The average Bonchev–Trinajstić information content (AvgIpc) is 2.66. The molecule has 1 heterocycles. The van der Waals surface area contributed by atoms with Gasteiger partial charge in [0.25, 0.3) is 0 Å². The zero-order valence-electron chi connectivity index (χ0n) is 7.39. The molecule has 0 spiro atoms. The molecule has 0 bridgehead atoms. The van der Waals surface area contributed by atoms with Gasteiger partial charge in [-0.15, -0.1) is 0 Å². The zero-order chi connectivity index (χ0) is 9.68. The molecule has 1 atom stereocenters. The van der Waals surface area contributed by atoms with Gasteiger partial charge in [-0.05, 0) is 6.92 Å². The van der Waals surface area contributed by atoms with Crippen LogP contribution in [-0.2, 0) is 9.53 Å². The lowest BCUT2D eigenvalue weighted by atomic mass is 10.3. The molecule has 5 nitrogen and oxygen atoms in total. The van der Waals surface area contributed by atoms with Gasteiger partial charge in [0.05, 0.1) is 7.11 Å². The molecule has 13 heavy (non-hydrogen) atoms. The summed E-state index contributed by atoms with van der Waals surface area (Å²) in [6.07, 6.45) is 2.95. The first-order valence-electron chi connectivity index (χ1n) is 3.67. The van der Waals surface area contributed by atoms with Gasteiger partial charge >= 0.3 is 5.97 Å². The van der Waals surface area contributed by atoms with E-state index in [9.17, 15) is 4.79 Å². The summed E-state index contributed by atoms with van der Waals surface area (Å²) in [6.45, 7) is 1.81. The van der Waals surface area contributed by atoms with Crippen LogP contribution in [0.25, 0.3) is 0 Å². The second-order valence-electron chi connectivity index (χ2n) is 2.31. The van der Waals surface area contributed by atoms with E-state index in [2.05, 4.69) is 26.7 Å². The van der Waals surface area contributed by atoms with Crippen LogP contribution in [0.1, 0.15) is 13.0 Å². The van der Waals surface area contributed by atoms with E-state index in [1.807, 2.05) is 6.92 Å². The van der Waals surface area contributed by atoms with Gasteiger partial charge < -0.3 is 4.74 Å². The molecule has 0 aliphatic rings. The molecular weight excluding hydrogens is 170 g/mol. The van der Waals surface area contributed by atoms with Crippen LogP contribution in [0.3, 0.4) is 0 Å². The molecule has 5 heteroatoms. The molecule has 0 aliphatic heterocycles. The van der Waals surface area contributed by atoms with E-state index >= 15 is 0 Å². The Kier molecular flexibility index (Phi) is 3.03. The fraction of sp³-hybridized carbons (Fsp3) is 0.375. The SMILES string of the molecule is COC(=O)C#CC(C)n1cncn1. The molecule has 0 N–H and O–H groups in total. The fourth-order valence-corrected chi connectivity index (χ4v) is 0.698. The maximum Gasteiger partial charge on any atom is 0.384 e. The van der Waals surface area contributed by atoms with E-state index < -0.39 is 5.97 Å². The van der Waals surface area contributed by atoms with Crippen LogP contribution in [-0.4, -0.2) is 27.8 Å². The van der Waals surface area contributed by atoms with E-state index in [1.54, 1.807) is 4.68 Å². The standard InChI is InChI=1S/C8H9N3O2/c1-7(3-4-8(12)13-2)11-6-9-5-10-11/h5-7H,1-2H3. The summed E-state index contributed by atoms with van der Waals surface area (Å²) in [5.41, 5.74) is 0. The Morgan fingerprint density at radius 3 is 3.00 bits per heavy atom. The van der Waals surface area contributed by atoms with Crippen molar-refractivity contribution in [2.45, 2.75) is 13.0 Å². The molecule has 0 radical (unpaired) electrons. The number of hydrogen-bond acceptors (Lipinski definition) is 4. The Balaban J connectivity index is 2.63. The molecule has 0 amide bonds. The van der Waals surface area contributed by atoms with Crippen molar-refractivity contribution in [1.82, 2.24) is 14.8 Å². The summed E-state index contributed by atoms with van der Waals surface area (Å²) in [4.78, 5) is 14.4.